The number of aromatic carboxylic acids is 1. The molecule has 1 saturated heterocycles. The molecule has 0 saturated carbocycles. The average molecular weight is 607 g/mol. The largest absolute Gasteiger partial charge is 0.478 e. The van der Waals surface area contributed by atoms with Gasteiger partial charge in [0.05, 0.1) is 17.5 Å². The van der Waals surface area contributed by atoms with Crippen LogP contribution in [0.3, 0.4) is 0 Å². The molecule has 0 bridgehead atoms. The van der Waals surface area contributed by atoms with Gasteiger partial charge in [0.1, 0.15) is 0 Å². The Hall–Kier alpha value is -3.95. The van der Waals surface area contributed by atoms with Crippen molar-refractivity contribution in [1.82, 2.24) is 4.57 Å². The van der Waals surface area contributed by atoms with Crippen LogP contribution in [-0.4, -0.2) is 56.5 Å². The van der Waals surface area contributed by atoms with Crippen molar-refractivity contribution in [3.05, 3.63) is 89.1 Å². The van der Waals surface area contributed by atoms with Crippen molar-refractivity contribution >= 4 is 44.7 Å². The molecule has 1 aliphatic rings. The molecule has 1 aliphatic heterocycles. The molecule has 0 aliphatic carbocycles. The van der Waals surface area contributed by atoms with E-state index < -0.39 is 16.0 Å². The fourth-order valence-corrected chi connectivity index (χ4v) is 6.51. The Kier molecular flexibility index (Phi) is 8.25. The molecule has 1 aromatic heterocycles. The third-order valence-corrected chi connectivity index (χ3v) is 8.47. The predicted octanol–water partition coefficient (Wildman–Crippen LogP) is 6.76. The van der Waals surface area contributed by atoms with Crippen LogP contribution in [0.4, 0.5) is 17.1 Å². The zero-order valence-corrected chi connectivity index (χ0v) is 25.7. The zero-order chi connectivity index (χ0) is 30.2. The Balaban J connectivity index is 1.45. The van der Waals surface area contributed by atoms with E-state index in [0.717, 1.165) is 60.6 Å². The van der Waals surface area contributed by atoms with Crippen molar-refractivity contribution in [2.24, 2.45) is 0 Å². The lowest BCUT2D eigenvalue weighted by atomic mass is 9.96. The van der Waals surface area contributed by atoms with Crippen molar-refractivity contribution in [1.29, 1.82) is 0 Å². The number of benzene rings is 3. The Labute approximate surface area is 252 Å². The molecule has 0 radical (unpaired) electrons. The summed E-state index contributed by atoms with van der Waals surface area (Å²) < 4.78 is 27.6. The summed E-state index contributed by atoms with van der Waals surface area (Å²) in [6.07, 6.45) is 1.14. The van der Waals surface area contributed by atoms with Gasteiger partial charge in [-0.1, -0.05) is 35.9 Å². The minimum absolute atomic E-state index is 0.0509. The van der Waals surface area contributed by atoms with E-state index >= 15 is 0 Å². The number of nitrogens with one attached hydrogen (secondary N) is 1. The fraction of sp³-hybridized carbons (Fsp3) is 0.281. The molecule has 0 unspecified atom stereocenters. The summed E-state index contributed by atoms with van der Waals surface area (Å²) in [5.74, 6) is -0.950. The van der Waals surface area contributed by atoms with E-state index in [-0.39, 0.29) is 6.04 Å². The summed E-state index contributed by atoms with van der Waals surface area (Å²) in [4.78, 5) is 17.2. The summed E-state index contributed by atoms with van der Waals surface area (Å²) in [5.41, 5.74) is 6.98. The third kappa shape index (κ3) is 6.12. The van der Waals surface area contributed by atoms with Crippen molar-refractivity contribution in [3.63, 3.8) is 0 Å². The van der Waals surface area contributed by atoms with Crippen LogP contribution in [0.1, 0.15) is 35.9 Å². The highest BCUT2D eigenvalue weighted by Gasteiger charge is 2.28. The first-order chi connectivity index (χ1) is 19.9. The Morgan fingerprint density at radius 2 is 1.48 bits per heavy atom. The molecule has 5 rings (SSSR count). The number of carbonyl (C=O) groups is 1. The summed E-state index contributed by atoms with van der Waals surface area (Å²) >= 11 is 6.20. The second-order valence-corrected chi connectivity index (χ2v) is 13.1. The van der Waals surface area contributed by atoms with Crippen molar-refractivity contribution < 1.29 is 18.3 Å². The number of nitrogens with zero attached hydrogens (tertiary/aromatic N) is 3. The van der Waals surface area contributed by atoms with E-state index in [9.17, 15) is 18.3 Å². The minimum Gasteiger partial charge on any atom is -0.478 e. The van der Waals surface area contributed by atoms with Gasteiger partial charge in [-0.05, 0) is 80.4 Å². The maximum atomic E-state index is 12.7. The summed E-state index contributed by atoms with van der Waals surface area (Å²) in [7, 11) is -3.32. The summed E-state index contributed by atoms with van der Waals surface area (Å²) in [5, 5.41) is 11.0. The highest BCUT2D eigenvalue weighted by Crippen LogP contribution is 2.42. The lowest BCUT2D eigenvalue weighted by Gasteiger charge is -2.37. The molecule has 4 aromatic rings. The number of hydrogen-bond donors (Lipinski definition) is 2. The van der Waals surface area contributed by atoms with Gasteiger partial charge < -0.3 is 19.5 Å². The molecule has 0 spiro atoms. The van der Waals surface area contributed by atoms with Crippen molar-refractivity contribution in [2.75, 3.05) is 47.0 Å². The smallest absolute Gasteiger partial charge is 0.338 e. The average Bonchev–Trinajstić information content (AvgIpc) is 3.26. The number of anilines is 3. The standard InChI is InChI=1S/C32H35ClN4O4S/c1-21(2)37-22(3)29(32(38)39)30(31(37)23-8-10-25(33)11-9-23)24-6-5-7-28(20-24)36-18-16-35(17-19-36)27-14-12-26(13-15-27)34-42(4,40)41/h5-15,20-21,34H,16-19H2,1-4H3,(H,38,39). The quantitative estimate of drug-likeness (QED) is 0.230. The Morgan fingerprint density at radius 3 is 2.02 bits per heavy atom. The van der Waals surface area contributed by atoms with E-state index in [0.29, 0.717) is 27.5 Å². The second kappa shape index (κ2) is 11.7. The number of rotatable bonds is 8. The number of hydrogen-bond acceptors (Lipinski definition) is 5. The van der Waals surface area contributed by atoms with Gasteiger partial charge in [0.15, 0.2) is 0 Å². The first kappa shape index (κ1) is 29.5. The normalized spacial score (nSPS) is 14.0. The SMILES string of the molecule is Cc1c(C(=O)O)c(-c2cccc(N3CCN(c4ccc(NS(C)(=O)=O)cc4)CC3)c2)c(-c2ccc(Cl)cc2)n1C(C)C. The zero-order valence-electron chi connectivity index (χ0n) is 24.1. The van der Waals surface area contributed by atoms with Crippen LogP contribution >= 0.6 is 11.6 Å². The van der Waals surface area contributed by atoms with E-state index in [2.05, 4.69) is 45.1 Å². The molecule has 1 fully saturated rings. The first-order valence-electron chi connectivity index (χ1n) is 13.8. The topological polar surface area (TPSA) is 94.9 Å². The van der Waals surface area contributed by atoms with Gasteiger partial charge in [-0.15, -0.1) is 0 Å². The molecular weight excluding hydrogens is 572 g/mol. The summed E-state index contributed by atoms with van der Waals surface area (Å²) in [6.45, 7) is 9.16. The van der Waals surface area contributed by atoms with Gasteiger partial charge in [-0.3, -0.25) is 4.72 Å². The van der Waals surface area contributed by atoms with Crippen LogP contribution in [-0.2, 0) is 10.0 Å². The van der Waals surface area contributed by atoms with Crippen LogP contribution in [0.2, 0.25) is 5.02 Å². The summed E-state index contributed by atoms with van der Waals surface area (Å²) in [6, 6.07) is 23.1. The first-order valence-corrected chi connectivity index (χ1v) is 16.1. The second-order valence-electron chi connectivity index (χ2n) is 10.9. The number of carboxylic acids is 1. The number of sulfonamides is 1. The predicted molar refractivity (Wildman–Crippen MR) is 172 cm³/mol. The highest BCUT2D eigenvalue weighted by molar-refractivity contribution is 7.92. The van der Waals surface area contributed by atoms with Gasteiger partial charge >= 0.3 is 5.97 Å². The molecule has 42 heavy (non-hydrogen) atoms. The van der Waals surface area contributed by atoms with E-state index in [1.165, 1.54) is 0 Å². The lowest BCUT2D eigenvalue weighted by Crippen LogP contribution is -2.46. The maximum Gasteiger partial charge on any atom is 0.338 e. The molecule has 0 atom stereocenters. The highest BCUT2D eigenvalue weighted by atomic mass is 35.5. The number of piperazine rings is 1. The number of carboxylic acid groups (broad SMARTS) is 1. The number of aromatic nitrogens is 1. The van der Waals surface area contributed by atoms with Gasteiger partial charge in [0.25, 0.3) is 0 Å². The van der Waals surface area contributed by atoms with Gasteiger partial charge in [0.2, 0.25) is 10.0 Å². The van der Waals surface area contributed by atoms with Gasteiger partial charge in [-0.25, -0.2) is 13.2 Å². The third-order valence-electron chi connectivity index (χ3n) is 7.61. The van der Waals surface area contributed by atoms with Crippen LogP contribution in [0.15, 0.2) is 72.8 Å². The van der Waals surface area contributed by atoms with Crippen LogP contribution in [0.5, 0.6) is 0 Å². The van der Waals surface area contributed by atoms with Crippen LogP contribution in [0, 0.1) is 6.92 Å². The van der Waals surface area contributed by atoms with E-state index in [1.807, 2.05) is 55.5 Å². The Morgan fingerprint density at radius 1 is 0.881 bits per heavy atom. The lowest BCUT2D eigenvalue weighted by molar-refractivity contribution is 0.0696. The molecule has 2 heterocycles. The van der Waals surface area contributed by atoms with Gasteiger partial charge in [-0.2, -0.15) is 0 Å². The molecule has 2 N–H and O–H groups in total. The van der Waals surface area contributed by atoms with E-state index in [1.54, 1.807) is 12.1 Å². The number of halogens is 1. The molecule has 220 valence electrons. The molecule has 0 amide bonds. The van der Waals surface area contributed by atoms with E-state index in [4.69, 9.17) is 11.6 Å². The molecule has 8 nitrogen and oxygen atoms in total. The monoisotopic (exact) mass is 606 g/mol. The molecule has 3 aromatic carbocycles. The van der Waals surface area contributed by atoms with Crippen molar-refractivity contribution in [3.8, 4) is 22.4 Å². The fourth-order valence-electron chi connectivity index (χ4n) is 5.82. The van der Waals surface area contributed by atoms with Crippen molar-refractivity contribution in [2.45, 2.75) is 26.8 Å². The Bertz CT molecular complexity index is 1710. The van der Waals surface area contributed by atoms with Crippen LogP contribution in [0.25, 0.3) is 22.4 Å². The maximum absolute atomic E-state index is 12.7. The van der Waals surface area contributed by atoms with Gasteiger partial charge in [0, 0.05) is 65.6 Å². The molecule has 10 heteroatoms. The minimum atomic E-state index is -3.32. The molecular formula is C32H35ClN4O4S. The van der Waals surface area contributed by atoms with Crippen LogP contribution < -0.4 is 14.5 Å².